The first-order chi connectivity index (χ1) is 70.2. The van der Waals surface area contributed by atoms with Crippen LogP contribution in [-0.2, 0) is 180 Å². The molecule has 0 radical (unpaired) electrons. The van der Waals surface area contributed by atoms with Crippen LogP contribution in [0.1, 0.15) is 44.5 Å². The first-order valence-electron chi connectivity index (χ1n) is 43.2. The minimum atomic E-state index is -0.649. The van der Waals surface area contributed by atoms with Gasteiger partial charge in [-0.1, -0.05) is 133 Å². The normalized spacial score (nSPS) is 9.49. The van der Waals surface area contributed by atoms with Gasteiger partial charge in [-0.05, 0) is 70.6 Å². The van der Waals surface area contributed by atoms with E-state index in [2.05, 4.69) is 85.2 Å². The van der Waals surface area contributed by atoms with Crippen molar-refractivity contribution in [3.8, 4) is 67.5 Å². The Kier molecular flexibility index (Phi) is 83.2. The average molecular weight is 3120 g/mol. The summed E-state index contributed by atoms with van der Waals surface area (Å²) in [5.74, 6) is -5.14. The van der Waals surface area contributed by atoms with Crippen molar-refractivity contribution in [2.45, 2.75) is 0 Å². The molecule has 6 heterocycles. The molecule has 0 spiro atoms. The molecule has 0 saturated heterocycles. The Labute approximate surface area is 961 Å². The van der Waals surface area contributed by atoms with Crippen molar-refractivity contribution in [3.63, 3.8) is 0 Å². The summed E-state index contributed by atoms with van der Waals surface area (Å²) in [6, 6.07) is 103. The molecular formula is C116H110F8Ir3N8O12Pt3-9. The maximum Gasteiger partial charge on any atom is 3.00 e. The second-order valence-electron chi connectivity index (χ2n) is 28.0. The molecule has 16 aromatic rings. The van der Waals surface area contributed by atoms with Crippen LogP contribution < -0.4 is 0 Å². The summed E-state index contributed by atoms with van der Waals surface area (Å²) in [5.41, 5.74) is 14.7. The van der Waals surface area contributed by atoms with E-state index in [-0.39, 0.29) is 146 Å². The number of aromatic nitrogens is 6. The van der Waals surface area contributed by atoms with Crippen LogP contribution in [-0.4, -0.2) is 139 Å². The number of rotatable bonds is 30. The van der Waals surface area contributed by atoms with Crippen molar-refractivity contribution in [3.05, 3.63) is 548 Å². The number of hydrogen-bond acceptors (Lipinski definition) is 20. The van der Waals surface area contributed by atoms with E-state index >= 15 is 0 Å². The van der Waals surface area contributed by atoms with Gasteiger partial charge in [-0.2, -0.15) is 26.9 Å². The number of methoxy groups -OCH3 is 12. The molecule has 0 aliphatic carbocycles. The Morgan fingerprint density at radius 3 is 0.520 bits per heavy atom. The zero-order valence-electron chi connectivity index (χ0n) is 83.7. The summed E-state index contributed by atoms with van der Waals surface area (Å²) in [4.78, 5) is 27.6. The summed E-state index contributed by atoms with van der Waals surface area (Å²) in [6.07, 6.45) is 9.77. The van der Waals surface area contributed by atoms with Gasteiger partial charge in [-0.3, -0.25) is 79.6 Å². The van der Waals surface area contributed by atoms with E-state index < -0.39 is 46.5 Å². The molecule has 6 aromatic heterocycles. The van der Waals surface area contributed by atoms with Crippen LogP contribution in [0.5, 0.6) is 0 Å². The fourth-order valence-electron chi connectivity index (χ4n) is 11.4. The van der Waals surface area contributed by atoms with E-state index in [1.807, 2.05) is 196 Å². The minimum absolute atomic E-state index is 0. The van der Waals surface area contributed by atoms with Crippen molar-refractivity contribution < 1.29 is 215 Å². The maximum atomic E-state index is 13.2. The van der Waals surface area contributed by atoms with E-state index in [4.69, 9.17) is 37.9 Å². The van der Waals surface area contributed by atoms with Crippen molar-refractivity contribution >= 4 is 0 Å². The standard InChI is InChI=1S/4C11H6F2N.2C11H8N.4C10H12O2.2C5H11NO2.3Ir.3Pt/c4*12-8-4-5-9(10(13)7-8)11-3-1-2-6-14-11;2*1-2-6-10(7-3-1)11-8-4-5-9-12-11;4*1-11-7-9-5-3-4-6-10(9)8-12-2;2*1-6(4-7-2)5-8-3;;;;;;/h4*1-4,6-7H;2*1-6,8-9H;4*3-8H,1-2H3;2*4-5H,1-3H3;;;;;;/q6*-1;6*-2;3*+3;;;. The summed E-state index contributed by atoms with van der Waals surface area (Å²) in [5, 5.41) is 0. The molecule has 0 unspecified atom stereocenters. The molecule has 808 valence electrons. The van der Waals surface area contributed by atoms with Gasteiger partial charge < -0.3 is 96.5 Å². The predicted molar refractivity (Wildman–Crippen MR) is 541 cm³/mol. The number of nitrogens with zero attached hydrogens (tertiary/aromatic N) is 8. The Balaban J connectivity index is 0. The second-order valence-corrected chi connectivity index (χ2v) is 28.0. The van der Waals surface area contributed by atoms with Crippen LogP contribution >= 0.6 is 0 Å². The fourth-order valence-corrected chi connectivity index (χ4v) is 11.4. The quantitative estimate of drug-likeness (QED) is 0.0304. The van der Waals surface area contributed by atoms with Gasteiger partial charge in [-0.25, -0.2) is 48.5 Å². The van der Waals surface area contributed by atoms with Crippen LogP contribution in [0.3, 0.4) is 0 Å². The van der Waals surface area contributed by atoms with Crippen molar-refractivity contribution in [2.75, 3.05) is 99.4 Å². The zero-order valence-corrected chi connectivity index (χ0v) is 97.7. The smallest absolute Gasteiger partial charge is 0.566 e. The number of pyridine rings is 6. The Hall–Kier alpha value is -11.0. The molecule has 0 aliphatic rings. The molecule has 20 nitrogen and oxygen atoms in total. The molecule has 0 saturated carbocycles. The summed E-state index contributed by atoms with van der Waals surface area (Å²) < 4.78 is 161. The van der Waals surface area contributed by atoms with Crippen LogP contribution in [0.25, 0.3) is 67.5 Å². The number of benzene rings is 10. The molecular weight excluding hydrogens is 3010 g/mol. The SMILES string of the molecule is CO[CH-]N(C)[CH-]OC.CO[CH-]N(C)[CH-]OC.CO[CH-]c1ccccc1[CH-]OC.CO[CH-]c1ccccc1[CH-]OC.CO[CH-]c1ccccc1[CH-]OC.CO[CH-]c1ccccc1[CH-]OC.Fc1c[c-]c(-c2ccccn2)c(F)c1.Fc1c[c-]c(-c2ccccn2)c(F)c1.Fc1c[c-]c(-c2ccccn2)c(F)c1.Fc1c[c-]c(-c2ccccn2)c(F)c1.[Ir+3].[Ir+3].[Ir+3].[Pt].[Pt].[Pt].[c-]1ccccc1-c1ccccn1.[c-]1ccccc1-c1ccccn1. The van der Waals surface area contributed by atoms with Gasteiger partial charge in [0.25, 0.3) is 0 Å². The number of ether oxygens (including phenoxy) is 12. The second kappa shape index (κ2) is 88.5. The van der Waals surface area contributed by atoms with Gasteiger partial charge >= 0.3 is 60.3 Å². The molecule has 0 amide bonds. The summed E-state index contributed by atoms with van der Waals surface area (Å²) >= 11 is 0. The zero-order chi connectivity index (χ0) is 104. The average Bonchev–Trinajstić information content (AvgIpc) is 0.848. The van der Waals surface area contributed by atoms with Crippen LogP contribution in [0.2, 0.25) is 0 Å². The molecule has 10 aromatic carbocycles. The minimum Gasteiger partial charge on any atom is -0.566 e. The first-order valence-corrected chi connectivity index (χ1v) is 43.2. The third-order valence-corrected chi connectivity index (χ3v) is 17.4. The summed E-state index contributed by atoms with van der Waals surface area (Å²) in [7, 11) is 23.0. The Morgan fingerprint density at radius 2 is 0.380 bits per heavy atom. The molecule has 0 fully saturated rings. The molecule has 0 N–H and O–H groups in total. The van der Waals surface area contributed by atoms with E-state index in [1.165, 1.54) is 26.9 Å². The van der Waals surface area contributed by atoms with Gasteiger partial charge in [0.1, 0.15) is 0 Å². The molecule has 150 heavy (non-hydrogen) atoms. The van der Waals surface area contributed by atoms with Gasteiger partial charge in [0.05, 0.1) is 0 Å². The number of halogens is 8. The van der Waals surface area contributed by atoms with Gasteiger partial charge in [0.2, 0.25) is 0 Å². The van der Waals surface area contributed by atoms with E-state index in [1.54, 1.807) is 258 Å². The van der Waals surface area contributed by atoms with Crippen LogP contribution in [0.4, 0.5) is 35.1 Å². The van der Waals surface area contributed by atoms with Gasteiger partial charge in [-0.15, -0.1) is 222 Å². The Morgan fingerprint density at radius 1 is 0.213 bits per heavy atom. The van der Waals surface area contributed by atoms with E-state index in [0.29, 0.717) is 22.8 Å². The Bertz CT molecular complexity index is 5230. The van der Waals surface area contributed by atoms with Gasteiger partial charge in [0.15, 0.2) is 0 Å². The summed E-state index contributed by atoms with van der Waals surface area (Å²) in [6.45, 7) is 19.6. The third kappa shape index (κ3) is 58.0. The topological polar surface area (TPSA) is 195 Å². The molecule has 0 bridgehead atoms. The van der Waals surface area contributed by atoms with E-state index in [9.17, 15) is 35.1 Å². The third-order valence-electron chi connectivity index (χ3n) is 17.4. The maximum absolute atomic E-state index is 13.2. The first kappa shape index (κ1) is 141. The van der Waals surface area contributed by atoms with E-state index in [0.717, 1.165) is 116 Å². The van der Waals surface area contributed by atoms with Crippen molar-refractivity contribution in [1.29, 1.82) is 0 Å². The van der Waals surface area contributed by atoms with Crippen molar-refractivity contribution in [2.24, 2.45) is 0 Å². The van der Waals surface area contributed by atoms with Crippen LogP contribution in [0.15, 0.2) is 340 Å². The van der Waals surface area contributed by atoms with Gasteiger partial charge in [0, 0.05) is 232 Å². The largest absolute Gasteiger partial charge is 3.00 e. The fraction of sp³-hybridized carbons (Fsp3) is 0.121. The molecule has 34 heteroatoms. The molecule has 16 rings (SSSR count). The van der Waals surface area contributed by atoms with Crippen LogP contribution in [0, 0.1) is 163 Å². The predicted octanol–water partition coefficient (Wildman–Crippen LogP) is 25.3. The molecule has 0 aliphatic heterocycles. The molecule has 0 atom stereocenters. The monoisotopic (exact) mass is 3120 g/mol. The van der Waals surface area contributed by atoms with Crippen molar-refractivity contribution in [1.82, 2.24) is 39.7 Å². The number of hydrogen-bond donors (Lipinski definition) is 0.